The maximum atomic E-state index is 12.4. The molecule has 0 amide bonds. The monoisotopic (exact) mass is 337 g/mol. The minimum absolute atomic E-state index is 0.190. The van der Waals surface area contributed by atoms with Gasteiger partial charge in [-0.2, -0.15) is 0 Å². The first-order chi connectivity index (χ1) is 9.22. The lowest BCUT2D eigenvalue weighted by Gasteiger charge is -2.08. The predicted octanol–water partition coefficient (Wildman–Crippen LogP) is 3.70. The average Bonchev–Trinajstić information content (AvgIpc) is 2.82. The van der Waals surface area contributed by atoms with Gasteiger partial charge in [0.2, 0.25) is 0 Å². The first kappa shape index (κ1) is 14.4. The summed E-state index contributed by atoms with van der Waals surface area (Å²) < 4.78 is 1.03. The van der Waals surface area contributed by atoms with Crippen LogP contribution in [0.1, 0.15) is 20.8 Å². The number of thiophene rings is 1. The molecule has 0 aliphatic carbocycles. The number of nitrogens with one attached hydrogen (secondary N) is 1. The van der Waals surface area contributed by atoms with E-state index in [4.69, 9.17) is 0 Å². The van der Waals surface area contributed by atoms with E-state index in [0.29, 0.717) is 6.42 Å². The van der Waals surface area contributed by atoms with Gasteiger partial charge in [0.25, 0.3) is 0 Å². The van der Waals surface area contributed by atoms with Gasteiger partial charge in [0.05, 0.1) is 0 Å². The van der Waals surface area contributed by atoms with Crippen LogP contribution in [-0.2, 0) is 12.8 Å². The van der Waals surface area contributed by atoms with Crippen LogP contribution >= 0.6 is 27.3 Å². The Balaban J connectivity index is 2.17. The number of carbonyl (C=O) groups is 1. The molecule has 2 nitrogen and oxygen atoms in total. The second-order valence-electron chi connectivity index (χ2n) is 4.30. The van der Waals surface area contributed by atoms with Gasteiger partial charge in [0.1, 0.15) is 0 Å². The number of Topliss-reactive ketones (excluding diaryl/α,β-unsaturated/α-hetero) is 1. The summed E-state index contributed by atoms with van der Waals surface area (Å²) in [5, 5.41) is 5.12. The van der Waals surface area contributed by atoms with Crippen molar-refractivity contribution in [1.82, 2.24) is 5.32 Å². The molecule has 0 unspecified atom stereocenters. The van der Waals surface area contributed by atoms with Gasteiger partial charge in [-0.05, 0) is 53.0 Å². The summed E-state index contributed by atoms with van der Waals surface area (Å²) in [5.74, 6) is 0.190. The highest BCUT2D eigenvalue weighted by Crippen LogP contribution is 2.24. The molecule has 100 valence electrons. The van der Waals surface area contributed by atoms with Crippen LogP contribution in [0, 0.1) is 0 Å². The fourth-order valence-electron chi connectivity index (χ4n) is 1.96. The zero-order chi connectivity index (χ0) is 13.7. The third kappa shape index (κ3) is 3.75. The maximum absolute atomic E-state index is 12.4. The van der Waals surface area contributed by atoms with Gasteiger partial charge in [0, 0.05) is 21.3 Å². The molecule has 0 atom stereocenters. The molecule has 1 heterocycles. The lowest BCUT2D eigenvalue weighted by Crippen LogP contribution is -2.13. The number of rotatable bonds is 6. The molecule has 1 aromatic heterocycles. The molecule has 1 aromatic carbocycles. The highest BCUT2D eigenvalue weighted by molar-refractivity contribution is 9.10. The van der Waals surface area contributed by atoms with Crippen molar-refractivity contribution in [1.29, 1.82) is 0 Å². The highest BCUT2D eigenvalue weighted by Gasteiger charge is 2.13. The van der Waals surface area contributed by atoms with E-state index < -0.39 is 0 Å². The second kappa shape index (κ2) is 6.98. The first-order valence-corrected chi connectivity index (χ1v) is 7.87. The zero-order valence-electron chi connectivity index (χ0n) is 10.8. The molecule has 0 fully saturated rings. The molecule has 4 heteroatoms. The fourth-order valence-corrected chi connectivity index (χ4v) is 3.45. The van der Waals surface area contributed by atoms with Crippen molar-refractivity contribution in [2.45, 2.75) is 12.8 Å². The van der Waals surface area contributed by atoms with Crippen LogP contribution in [0.5, 0.6) is 0 Å². The summed E-state index contributed by atoms with van der Waals surface area (Å²) >= 11 is 5.09. The van der Waals surface area contributed by atoms with Crippen molar-refractivity contribution >= 4 is 33.0 Å². The molecule has 0 saturated carbocycles. The zero-order valence-corrected chi connectivity index (χ0v) is 13.2. The lowest BCUT2D eigenvalue weighted by atomic mass is 9.99. The van der Waals surface area contributed by atoms with E-state index in [-0.39, 0.29) is 5.78 Å². The van der Waals surface area contributed by atoms with Gasteiger partial charge in [-0.1, -0.05) is 24.3 Å². The number of halogens is 1. The minimum atomic E-state index is 0.190. The van der Waals surface area contributed by atoms with Crippen molar-refractivity contribution in [2.24, 2.45) is 0 Å². The Bertz CT molecular complexity index is 565. The van der Waals surface area contributed by atoms with E-state index in [1.807, 2.05) is 42.8 Å². The Morgan fingerprint density at radius 2 is 2.11 bits per heavy atom. The van der Waals surface area contributed by atoms with Gasteiger partial charge in [-0.25, -0.2) is 0 Å². The van der Waals surface area contributed by atoms with Crippen LogP contribution in [0.2, 0.25) is 0 Å². The molecule has 19 heavy (non-hydrogen) atoms. The molecule has 0 saturated heterocycles. The maximum Gasteiger partial charge on any atom is 0.168 e. The molecular formula is C15H16BrNOS. The molecule has 0 aliphatic rings. The number of ketones is 1. The molecule has 0 bridgehead atoms. The van der Waals surface area contributed by atoms with E-state index in [0.717, 1.165) is 33.4 Å². The molecule has 2 aromatic rings. The molecule has 1 N–H and O–H groups in total. The number of likely N-dealkylation sites (N-methyl/N-ethyl adjacent to an activating group) is 1. The first-order valence-electron chi connectivity index (χ1n) is 6.20. The normalized spacial score (nSPS) is 10.6. The van der Waals surface area contributed by atoms with Gasteiger partial charge in [-0.15, -0.1) is 11.3 Å². The standard InChI is InChI=1S/C15H16BrNOS/c1-17-8-6-11-4-2-3-5-12(11)14(18)10-15-13(16)7-9-19-15/h2-5,7,9,17H,6,8,10H2,1H3. The van der Waals surface area contributed by atoms with Gasteiger partial charge in [-0.3, -0.25) is 4.79 Å². The van der Waals surface area contributed by atoms with Crippen LogP contribution in [-0.4, -0.2) is 19.4 Å². The SMILES string of the molecule is CNCCc1ccccc1C(=O)Cc1sccc1Br. The molecular weight excluding hydrogens is 322 g/mol. The average molecular weight is 338 g/mol. The topological polar surface area (TPSA) is 29.1 Å². The number of hydrogen-bond donors (Lipinski definition) is 1. The summed E-state index contributed by atoms with van der Waals surface area (Å²) in [7, 11) is 1.92. The van der Waals surface area contributed by atoms with Crippen LogP contribution in [0.25, 0.3) is 0 Å². The molecule has 0 aliphatic heterocycles. The van der Waals surface area contributed by atoms with Crippen LogP contribution in [0.15, 0.2) is 40.2 Å². The van der Waals surface area contributed by atoms with E-state index in [2.05, 4.69) is 21.2 Å². The Morgan fingerprint density at radius 1 is 1.32 bits per heavy atom. The van der Waals surface area contributed by atoms with Crippen LogP contribution < -0.4 is 5.32 Å². The van der Waals surface area contributed by atoms with Crippen molar-refractivity contribution in [3.8, 4) is 0 Å². The van der Waals surface area contributed by atoms with Gasteiger partial charge < -0.3 is 5.32 Å². The Kier molecular flexibility index (Phi) is 5.31. The summed E-state index contributed by atoms with van der Waals surface area (Å²) in [4.78, 5) is 13.5. The summed E-state index contributed by atoms with van der Waals surface area (Å²) in [6.07, 6.45) is 1.35. The third-order valence-corrected chi connectivity index (χ3v) is 4.90. The number of hydrogen-bond acceptors (Lipinski definition) is 3. The highest BCUT2D eigenvalue weighted by atomic mass is 79.9. The van der Waals surface area contributed by atoms with Crippen molar-refractivity contribution in [2.75, 3.05) is 13.6 Å². The van der Waals surface area contributed by atoms with E-state index in [1.165, 1.54) is 0 Å². The van der Waals surface area contributed by atoms with Crippen LogP contribution in [0.3, 0.4) is 0 Å². The largest absolute Gasteiger partial charge is 0.319 e. The van der Waals surface area contributed by atoms with Gasteiger partial charge >= 0.3 is 0 Å². The quantitative estimate of drug-likeness (QED) is 0.814. The van der Waals surface area contributed by atoms with Crippen molar-refractivity contribution < 1.29 is 4.79 Å². The molecule has 0 radical (unpaired) electrons. The van der Waals surface area contributed by atoms with Gasteiger partial charge in [0.15, 0.2) is 5.78 Å². The Hall–Kier alpha value is -0.970. The number of carbonyl (C=O) groups excluding carboxylic acids is 1. The summed E-state index contributed by atoms with van der Waals surface area (Å²) in [6.45, 7) is 0.882. The van der Waals surface area contributed by atoms with Crippen molar-refractivity contribution in [3.05, 3.63) is 56.2 Å². The third-order valence-electron chi connectivity index (χ3n) is 2.97. The number of benzene rings is 1. The summed E-state index contributed by atoms with van der Waals surface area (Å²) in [6, 6.07) is 9.87. The fraction of sp³-hybridized carbons (Fsp3) is 0.267. The Labute approximate surface area is 126 Å². The molecule has 0 spiro atoms. The van der Waals surface area contributed by atoms with E-state index in [1.54, 1.807) is 11.3 Å². The van der Waals surface area contributed by atoms with Crippen LogP contribution in [0.4, 0.5) is 0 Å². The predicted molar refractivity (Wildman–Crippen MR) is 84.1 cm³/mol. The molecule has 2 rings (SSSR count). The summed E-state index contributed by atoms with van der Waals surface area (Å²) in [5.41, 5.74) is 1.97. The van der Waals surface area contributed by atoms with Crippen molar-refractivity contribution in [3.63, 3.8) is 0 Å². The minimum Gasteiger partial charge on any atom is -0.319 e. The smallest absolute Gasteiger partial charge is 0.168 e. The van der Waals surface area contributed by atoms with E-state index in [9.17, 15) is 4.79 Å². The van der Waals surface area contributed by atoms with E-state index >= 15 is 0 Å². The Morgan fingerprint density at radius 3 is 2.79 bits per heavy atom. The lowest BCUT2D eigenvalue weighted by molar-refractivity contribution is 0.0993. The second-order valence-corrected chi connectivity index (χ2v) is 6.16.